The van der Waals surface area contributed by atoms with Gasteiger partial charge in [-0.1, -0.05) is 13.8 Å². The van der Waals surface area contributed by atoms with Gasteiger partial charge in [0.15, 0.2) is 5.96 Å². The molecule has 0 radical (unpaired) electrons. The molecular formula is C20H39N5O3. The number of rotatable bonds is 9. The fraction of sp³-hybridized carbons (Fsp3) is 0.850. The van der Waals surface area contributed by atoms with E-state index in [2.05, 4.69) is 20.9 Å². The van der Waals surface area contributed by atoms with Crippen molar-refractivity contribution >= 4 is 18.0 Å². The number of hydrogen-bond acceptors (Lipinski definition) is 4. The van der Waals surface area contributed by atoms with Gasteiger partial charge in [-0.3, -0.25) is 9.79 Å². The van der Waals surface area contributed by atoms with Crippen molar-refractivity contribution < 1.29 is 14.3 Å². The average molecular weight is 398 g/mol. The molecule has 0 aromatic carbocycles. The molecule has 0 aromatic rings. The van der Waals surface area contributed by atoms with Gasteiger partial charge < -0.3 is 25.6 Å². The molecule has 8 heteroatoms. The minimum atomic E-state index is -0.526. The van der Waals surface area contributed by atoms with Crippen molar-refractivity contribution in [1.29, 1.82) is 0 Å². The van der Waals surface area contributed by atoms with Gasteiger partial charge in [-0.05, 0) is 46.5 Å². The van der Waals surface area contributed by atoms with Crippen molar-refractivity contribution in [2.24, 2.45) is 10.9 Å². The molecule has 1 rings (SSSR count). The smallest absolute Gasteiger partial charge is 0.407 e. The summed E-state index contributed by atoms with van der Waals surface area (Å²) in [7, 11) is 0. The third-order valence-corrected chi connectivity index (χ3v) is 4.37. The second kappa shape index (κ2) is 11.8. The third-order valence-electron chi connectivity index (χ3n) is 4.37. The van der Waals surface area contributed by atoms with Crippen molar-refractivity contribution in [3.05, 3.63) is 0 Å². The van der Waals surface area contributed by atoms with Crippen LogP contribution in [0.1, 0.15) is 60.8 Å². The summed E-state index contributed by atoms with van der Waals surface area (Å²) in [6.45, 7) is 15.2. The summed E-state index contributed by atoms with van der Waals surface area (Å²) < 4.78 is 5.35. The van der Waals surface area contributed by atoms with E-state index in [1.807, 2.05) is 46.4 Å². The Bertz CT molecular complexity index is 528. The molecule has 1 saturated heterocycles. The van der Waals surface area contributed by atoms with Crippen molar-refractivity contribution in [2.75, 3.05) is 32.7 Å². The Morgan fingerprint density at radius 3 is 2.54 bits per heavy atom. The number of carbonyl (C=O) groups is 2. The summed E-state index contributed by atoms with van der Waals surface area (Å²) in [4.78, 5) is 30.2. The van der Waals surface area contributed by atoms with Gasteiger partial charge in [-0.2, -0.15) is 0 Å². The molecule has 0 saturated carbocycles. The molecule has 1 unspecified atom stereocenters. The molecular weight excluding hydrogens is 358 g/mol. The van der Waals surface area contributed by atoms with Crippen LogP contribution in [-0.2, 0) is 9.53 Å². The average Bonchev–Trinajstić information content (AvgIpc) is 2.98. The lowest BCUT2D eigenvalue weighted by molar-refractivity contribution is -0.127. The minimum Gasteiger partial charge on any atom is -0.444 e. The topological polar surface area (TPSA) is 95.1 Å². The van der Waals surface area contributed by atoms with Crippen LogP contribution in [0.4, 0.5) is 4.79 Å². The van der Waals surface area contributed by atoms with Gasteiger partial charge in [-0.15, -0.1) is 0 Å². The van der Waals surface area contributed by atoms with Gasteiger partial charge in [0.05, 0.1) is 12.6 Å². The number of alkyl carbamates (subject to hydrolysis) is 1. The minimum absolute atomic E-state index is 0.118. The lowest BCUT2D eigenvalue weighted by atomic mass is 10.1. The van der Waals surface area contributed by atoms with E-state index in [4.69, 9.17) is 4.74 Å². The van der Waals surface area contributed by atoms with E-state index in [0.29, 0.717) is 18.9 Å². The molecule has 2 amide bonds. The molecule has 1 heterocycles. The van der Waals surface area contributed by atoms with Gasteiger partial charge in [0.25, 0.3) is 0 Å². The predicted molar refractivity (Wildman–Crippen MR) is 112 cm³/mol. The molecule has 1 atom stereocenters. The number of nitrogens with zero attached hydrogens (tertiary/aromatic N) is 2. The zero-order chi connectivity index (χ0) is 21.2. The first-order valence-corrected chi connectivity index (χ1v) is 10.4. The number of aliphatic imine (C=N–C) groups is 1. The van der Waals surface area contributed by atoms with E-state index in [0.717, 1.165) is 39.0 Å². The number of hydrogen-bond donors (Lipinski definition) is 3. The molecule has 0 spiro atoms. The second-order valence-corrected chi connectivity index (χ2v) is 8.48. The van der Waals surface area contributed by atoms with Crippen LogP contribution in [0.5, 0.6) is 0 Å². The fourth-order valence-corrected chi connectivity index (χ4v) is 2.83. The van der Waals surface area contributed by atoms with Crippen LogP contribution in [0.3, 0.4) is 0 Å². The quantitative estimate of drug-likeness (QED) is 0.315. The maximum Gasteiger partial charge on any atom is 0.407 e. The number of amides is 2. The first kappa shape index (κ1) is 24.0. The summed E-state index contributed by atoms with van der Waals surface area (Å²) in [5.74, 6) is 1.20. The van der Waals surface area contributed by atoms with E-state index in [9.17, 15) is 9.59 Å². The molecule has 1 aliphatic heterocycles. The largest absolute Gasteiger partial charge is 0.444 e. The van der Waals surface area contributed by atoms with Crippen LogP contribution in [0.15, 0.2) is 4.99 Å². The molecule has 0 aromatic heterocycles. The van der Waals surface area contributed by atoms with Gasteiger partial charge in [0, 0.05) is 32.6 Å². The Kier molecular flexibility index (Phi) is 10.1. The molecule has 0 bridgehead atoms. The third kappa shape index (κ3) is 9.80. The number of carbonyl (C=O) groups excluding carboxylic acids is 2. The SMILES string of the molecule is CCNC(=NCC(NC(=O)OC(C)(C)C)C(C)C)NCCCN1CCCC1=O. The maximum atomic E-state index is 12.1. The van der Waals surface area contributed by atoms with E-state index < -0.39 is 11.7 Å². The summed E-state index contributed by atoms with van der Waals surface area (Å²) in [5, 5.41) is 9.43. The molecule has 0 aliphatic carbocycles. The number of guanidine groups is 1. The number of likely N-dealkylation sites (tertiary alicyclic amines) is 1. The van der Waals surface area contributed by atoms with Crippen molar-refractivity contribution in [3.63, 3.8) is 0 Å². The van der Waals surface area contributed by atoms with Crippen LogP contribution in [0, 0.1) is 5.92 Å². The Balaban J connectivity index is 2.49. The molecule has 162 valence electrons. The summed E-state index contributed by atoms with van der Waals surface area (Å²) in [5.41, 5.74) is -0.526. The predicted octanol–water partition coefficient (Wildman–Crippen LogP) is 2.10. The Hall–Kier alpha value is -1.99. The van der Waals surface area contributed by atoms with Gasteiger partial charge in [0.2, 0.25) is 5.91 Å². The highest BCUT2D eigenvalue weighted by Gasteiger charge is 2.21. The van der Waals surface area contributed by atoms with Crippen LogP contribution in [0.25, 0.3) is 0 Å². The van der Waals surface area contributed by atoms with Crippen LogP contribution < -0.4 is 16.0 Å². The number of ether oxygens (including phenoxy) is 1. The highest BCUT2D eigenvalue weighted by atomic mass is 16.6. The standard InChI is InChI=1S/C20H39N5O3/c1-7-21-18(22-11-9-13-25-12-8-10-17(25)26)23-14-16(15(2)3)24-19(27)28-20(4,5)6/h15-16H,7-14H2,1-6H3,(H,24,27)(H2,21,22,23). The Morgan fingerprint density at radius 1 is 1.29 bits per heavy atom. The monoisotopic (exact) mass is 397 g/mol. The van der Waals surface area contributed by atoms with E-state index in [1.165, 1.54) is 0 Å². The van der Waals surface area contributed by atoms with Crippen molar-refractivity contribution in [1.82, 2.24) is 20.9 Å². The summed E-state index contributed by atoms with van der Waals surface area (Å²) in [6.07, 6.45) is 2.10. The molecule has 1 aliphatic rings. The van der Waals surface area contributed by atoms with E-state index in [-0.39, 0.29) is 17.9 Å². The fourth-order valence-electron chi connectivity index (χ4n) is 2.83. The molecule has 3 N–H and O–H groups in total. The lowest BCUT2D eigenvalue weighted by Gasteiger charge is -2.25. The highest BCUT2D eigenvalue weighted by molar-refractivity contribution is 5.80. The zero-order valence-corrected chi connectivity index (χ0v) is 18.4. The van der Waals surface area contributed by atoms with Gasteiger partial charge in [-0.25, -0.2) is 4.79 Å². The van der Waals surface area contributed by atoms with Crippen LogP contribution in [0.2, 0.25) is 0 Å². The molecule has 28 heavy (non-hydrogen) atoms. The molecule has 8 nitrogen and oxygen atoms in total. The maximum absolute atomic E-state index is 12.1. The van der Waals surface area contributed by atoms with Gasteiger partial charge >= 0.3 is 6.09 Å². The molecule has 1 fully saturated rings. The summed E-state index contributed by atoms with van der Waals surface area (Å²) >= 11 is 0. The van der Waals surface area contributed by atoms with Crippen molar-refractivity contribution in [3.8, 4) is 0 Å². The van der Waals surface area contributed by atoms with Crippen LogP contribution >= 0.6 is 0 Å². The first-order valence-electron chi connectivity index (χ1n) is 10.4. The lowest BCUT2D eigenvalue weighted by Crippen LogP contribution is -2.45. The van der Waals surface area contributed by atoms with E-state index in [1.54, 1.807) is 0 Å². The number of nitrogens with one attached hydrogen (secondary N) is 3. The zero-order valence-electron chi connectivity index (χ0n) is 18.4. The Labute approximate surface area is 169 Å². The normalized spacial score (nSPS) is 16.3. The van der Waals surface area contributed by atoms with Crippen LogP contribution in [-0.4, -0.2) is 67.2 Å². The first-order chi connectivity index (χ1) is 13.1. The second-order valence-electron chi connectivity index (χ2n) is 8.48. The van der Waals surface area contributed by atoms with E-state index >= 15 is 0 Å². The van der Waals surface area contributed by atoms with Gasteiger partial charge in [0.1, 0.15) is 5.60 Å². The van der Waals surface area contributed by atoms with Crippen molar-refractivity contribution in [2.45, 2.75) is 72.4 Å². The highest BCUT2D eigenvalue weighted by Crippen LogP contribution is 2.10. The summed E-state index contributed by atoms with van der Waals surface area (Å²) in [6, 6.07) is -0.118. The Morgan fingerprint density at radius 2 is 2.00 bits per heavy atom.